The van der Waals surface area contributed by atoms with Crippen LogP contribution in [-0.4, -0.2) is 55.9 Å². The average molecular weight is 522 g/mol. The van der Waals surface area contributed by atoms with Gasteiger partial charge in [-0.1, -0.05) is 48.5 Å². The van der Waals surface area contributed by atoms with E-state index >= 15 is 0 Å². The van der Waals surface area contributed by atoms with Gasteiger partial charge in [0, 0.05) is 17.2 Å². The standard InChI is InChI=1S/C24H29N2O7PS/c1-3-32-34(29,33-4-2)22(18-11-7-5-8-12-18)21(26-23(27)19-13-9-6-10-14-19)24(28)25-20-15-16-35(30,31)17-20/h5-14,20,29H,3-4,15-17H2,1-2H3,(H-,25,26,27,28)/p+1/b22-21-/t20-/m0/s1. The molecule has 0 bridgehead atoms. The molecule has 188 valence electrons. The van der Waals surface area contributed by atoms with Crippen molar-refractivity contribution in [2.45, 2.75) is 26.3 Å². The van der Waals surface area contributed by atoms with Crippen molar-refractivity contribution in [1.29, 1.82) is 0 Å². The van der Waals surface area contributed by atoms with Gasteiger partial charge in [-0.3, -0.25) is 9.59 Å². The predicted molar refractivity (Wildman–Crippen MR) is 135 cm³/mol. The zero-order chi connectivity index (χ0) is 25.5. The monoisotopic (exact) mass is 521 g/mol. The van der Waals surface area contributed by atoms with Crippen molar-refractivity contribution >= 4 is 34.9 Å². The normalized spacial score (nSPS) is 18.0. The van der Waals surface area contributed by atoms with Gasteiger partial charge in [0.15, 0.2) is 15.5 Å². The molecule has 3 N–H and O–H groups in total. The maximum absolute atomic E-state index is 13.6. The third-order valence-corrected chi connectivity index (χ3v) is 9.28. The molecule has 35 heavy (non-hydrogen) atoms. The summed E-state index contributed by atoms with van der Waals surface area (Å²) in [4.78, 5) is 38.2. The number of nitrogens with one attached hydrogen (secondary N) is 2. The van der Waals surface area contributed by atoms with Gasteiger partial charge < -0.3 is 10.6 Å². The smallest absolute Gasteiger partial charge is 0.347 e. The van der Waals surface area contributed by atoms with E-state index in [1.807, 2.05) is 0 Å². The van der Waals surface area contributed by atoms with Crippen molar-refractivity contribution in [3.8, 4) is 0 Å². The molecule has 9 nitrogen and oxygen atoms in total. The third-order valence-electron chi connectivity index (χ3n) is 5.24. The van der Waals surface area contributed by atoms with Crippen LogP contribution in [0.4, 0.5) is 0 Å². The zero-order valence-electron chi connectivity index (χ0n) is 19.6. The van der Waals surface area contributed by atoms with Gasteiger partial charge in [0.05, 0.1) is 24.7 Å². The Morgan fingerprint density at radius 3 is 2.00 bits per heavy atom. The summed E-state index contributed by atoms with van der Waals surface area (Å²) < 4.78 is 35.2. The van der Waals surface area contributed by atoms with Crippen LogP contribution in [0, 0.1) is 0 Å². The number of carbonyl (C=O) groups is 2. The summed E-state index contributed by atoms with van der Waals surface area (Å²) in [7, 11) is -7.10. The lowest BCUT2D eigenvalue weighted by Gasteiger charge is -2.22. The van der Waals surface area contributed by atoms with Crippen LogP contribution in [0.25, 0.3) is 5.31 Å². The lowest BCUT2D eigenvalue weighted by atomic mass is 10.1. The molecule has 2 aromatic carbocycles. The highest BCUT2D eigenvalue weighted by Gasteiger charge is 2.51. The fourth-order valence-electron chi connectivity index (χ4n) is 3.73. The Kier molecular flexibility index (Phi) is 9.15. The lowest BCUT2D eigenvalue weighted by molar-refractivity contribution is -0.118. The predicted octanol–water partition coefficient (Wildman–Crippen LogP) is 2.92. The molecule has 0 radical (unpaired) electrons. The lowest BCUT2D eigenvalue weighted by Crippen LogP contribution is -2.41. The van der Waals surface area contributed by atoms with Crippen LogP contribution in [0.2, 0.25) is 0 Å². The zero-order valence-corrected chi connectivity index (χ0v) is 21.3. The summed E-state index contributed by atoms with van der Waals surface area (Å²) in [5, 5.41) is 5.34. The molecule has 0 spiro atoms. The number of carbonyl (C=O) groups excluding carboxylic acids is 2. The molecule has 1 saturated heterocycles. The van der Waals surface area contributed by atoms with Crippen LogP contribution in [0.5, 0.6) is 0 Å². The van der Waals surface area contributed by atoms with Gasteiger partial charge in [0.1, 0.15) is 0 Å². The molecule has 0 saturated carbocycles. The first-order valence-corrected chi connectivity index (χ1v) is 14.7. The summed E-state index contributed by atoms with van der Waals surface area (Å²) in [5.74, 6) is -1.56. The minimum atomic E-state index is -3.84. The van der Waals surface area contributed by atoms with Gasteiger partial charge >= 0.3 is 7.94 Å². The van der Waals surface area contributed by atoms with Crippen LogP contribution in [0.1, 0.15) is 36.2 Å². The molecule has 11 heteroatoms. The van der Waals surface area contributed by atoms with Crippen LogP contribution < -0.4 is 10.6 Å². The van der Waals surface area contributed by atoms with E-state index in [1.165, 1.54) is 0 Å². The Morgan fingerprint density at radius 1 is 0.971 bits per heavy atom. The van der Waals surface area contributed by atoms with Gasteiger partial charge in [-0.25, -0.2) is 8.42 Å². The molecular formula is C24H30N2O7PS+. The molecule has 1 atom stereocenters. The van der Waals surface area contributed by atoms with Gasteiger partial charge in [0.25, 0.3) is 11.8 Å². The summed E-state index contributed by atoms with van der Waals surface area (Å²) in [6.45, 7) is 3.53. The van der Waals surface area contributed by atoms with Crippen molar-refractivity contribution in [1.82, 2.24) is 10.6 Å². The first-order valence-electron chi connectivity index (χ1n) is 11.3. The molecule has 2 aromatic rings. The maximum atomic E-state index is 13.6. The highest BCUT2D eigenvalue weighted by molar-refractivity contribution is 7.91. The van der Waals surface area contributed by atoms with Crippen molar-refractivity contribution in [2.24, 2.45) is 0 Å². The quantitative estimate of drug-likeness (QED) is 0.324. The average Bonchev–Trinajstić information content (AvgIpc) is 3.18. The van der Waals surface area contributed by atoms with Gasteiger partial charge in [0.2, 0.25) is 5.31 Å². The SMILES string of the molecule is CCO[P+](O)(OCC)/C(=C(\NC(=O)c1ccccc1)C(=O)N[C@H]1CCS(=O)(=O)C1)c1ccccc1. The molecule has 1 aliphatic rings. The number of sulfone groups is 1. The third kappa shape index (κ3) is 6.96. The van der Waals surface area contributed by atoms with Crippen molar-refractivity contribution < 1.29 is 31.9 Å². The molecule has 0 aliphatic carbocycles. The Balaban J connectivity index is 2.15. The fourth-order valence-corrected chi connectivity index (χ4v) is 7.35. The van der Waals surface area contributed by atoms with Gasteiger partial charge in [-0.05, 0) is 32.4 Å². The second-order valence-corrected chi connectivity index (χ2v) is 12.1. The molecule has 0 unspecified atom stereocenters. The van der Waals surface area contributed by atoms with Crippen LogP contribution in [-0.2, 0) is 23.7 Å². The van der Waals surface area contributed by atoms with Crippen molar-refractivity contribution in [3.63, 3.8) is 0 Å². The second-order valence-electron chi connectivity index (χ2n) is 7.84. The number of hydrogen-bond donors (Lipinski definition) is 3. The van der Waals surface area contributed by atoms with E-state index in [9.17, 15) is 22.9 Å². The summed E-state index contributed by atoms with van der Waals surface area (Å²) in [6, 6.07) is 16.2. The van der Waals surface area contributed by atoms with E-state index in [-0.39, 0.29) is 42.2 Å². The minimum absolute atomic E-state index is 0.00411. The number of hydrogen-bond acceptors (Lipinski definition) is 7. The Bertz CT molecular complexity index is 1160. The Morgan fingerprint density at radius 2 is 1.51 bits per heavy atom. The molecule has 3 rings (SSSR count). The van der Waals surface area contributed by atoms with E-state index in [2.05, 4.69) is 10.6 Å². The first-order chi connectivity index (χ1) is 16.7. The van der Waals surface area contributed by atoms with E-state index in [4.69, 9.17) is 9.05 Å². The van der Waals surface area contributed by atoms with Crippen molar-refractivity contribution in [2.75, 3.05) is 24.7 Å². The van der Waals surface area contributed by atoms with E-state index in [0.717, 1.165) is 0 Å². The highest BCUT2D eigenvalue weighted by atomic mass is 32.2. The molecule has 1 aliphatic heterocycles. The molecule has 0 aromatic heterocycles. The Hall–Kier alpha value is -2.62. The number of benzene rings is 2. The van der Waals surface area contributed by atoms with E-state index in [0.29, 0.717) is 11.1 Å². The second kappa shape index (κ2) is 11.9. The van der Waals surface area contributed by atoms with Crippen LogP contribution in [0.15, 0.2) is 66.4 Å². The van der Waals surface area contributed by atoms with Gasteiger partial charge in [-0.2, -0.15) is 13.9 Å². The number of amides is 2. The van der Waals surface area contributed by atoms with E-state index in [1.54, 1.807) is 74.5 Å². The summed E-state index contributed by atoms with van der Waals surface area (Å²) in [5.41, 5.74) is 0.457. The van der Waals surface area contributed by atoms with Crippen LogP contribution >= 0.6 is 7.94 Å². The molecule has 1 heterocycles. The number of rotatable bonds is 10. The van der Waals surface area contributed by atoms with Gasteiger partial charge in [-0.15, -0.1) is 0 Å². The topological polar surface area (TPSA) is 131 Å². The fraction of sp³-hybridized carbons (Fsp3) is 0.333. The first kappa shape index (κ1) is 27.0. The minimum Gasteiger partial charge on any atom is -0.347 e. The molecule has 1 fully saturated rings. The molecule has 2 amide bonds. The molecular weight excluding hydrogens is 491 g/mol. The maximum Gasteiger partial charge on any atom is 0.449 e. The van der Waals surface area contributed by atoms with Crippen LogP contribution in [0.3, 0.4) is 0 Å². The highest BCUT2D eigenvalue weighted by Crippen LogP contribution is 2.68. The largest absolute Gasteiger partial charge is 0.449 e. The summed E-state index contributed by atoms with van der Waals surface area (Å²) >= 11 is 0. The van der Waals surface area contributed by atoms with E-state index < -0.39 is 35.6 Å². The summed E-state index contributed by atoms with van der Waals surface area (Å²) in [6.07, 6.45) is 0.255. The Labute approximate surface area is 206 Å². The van der Waals surface area contributed by atoms with Crippen molar-refractivity contribution in [3.05, 3.63) is 77.5 Å².